The number of carbonyl (C=O) groups excluding carboxylic acids is 1. The van der Waals surface area contributed by atoms with E-state index in [9.17, 15) is 14.7 Å². The van der Waals surface area contributed by atoms with Gasteiger partial charge in [-0.3, -0.25) is 4.90 Å². The summed E-state index contributed by atoms with van der Waals surface area (Å²) in [5, 5.41) is 9.28. The van der Waals surface area contributed by atoms with Crippen LogP contribution in [0.5, 0.6) is 5.75 Å². The molecule has 0 aliphatic heterocycles. The Morgan fingerprint density at radius 3 is 2.24 bits per heavy atom. The Morgan fingerprint density at radius 2 is 1.68 bits per heavy atom. The van der Waals surface area contributed by atoms with Crippen molar-refractivity contribution in [3.05, 3.63) is 65.7 Å². The van der Waals surface area contributed by atoms with E-state index in [0.29, 0.717) is 5.75 Å². The number of hydrogen-bond acceptors (Lipinski definition) is 4. The van der Waals surface area contributed by atoms with Crippen molar-refractivity contribution in [2.75, 3.05) is 7.11 Å². The molecule has 0 saturated carbocycles. The van der Waals surface area contributed by atoms with Gasteiger partial charge in [0.25, 0.3) is 0 Å². The summed E-state index contributed by atoms with van der Waals surface area (Å²) in [5.41, 5.74) is 1.62. The first-order valence-corrected chi connectivity index (χ1v) is 7.84. The molecule has 2 aromatic carbocycles. The lowest BCUT2D eigenvalue weighted by Gasteiger charge is -2.26. The number of carboxylic acids is 1. The second-order valence-electron chi connectivity index (χ2n) is 5.53. The van der Waals surface area contributed by atoms with Crippen molar-refractivity contribution < 1.29 is 24.2 Å². The lowest BCUT2D eigenvalue weighted by molar-refractivity contribution is -0.142. The van der Waals surface area contributed by atoms with Crippen LogP contribution in [0.4, 0.5) is 4.79 Å². The number of carboxylic acid groups (broad SMARTS) is 1. The van der Waals surface area contributed by atoms with Crippen molar-refractivity contribution in [1.29, 1.82) is 0 Å². The van der Waals surface area contributed by atoms with Gasteiger partial charge in [-0.05, 0) is 30.2 Å². The van der Waals surface area contributed by atoms with Gasteiger partial charge in [-0.15, -0.1) is 0 Å². The van der Waals surface area contributed by atoms with Crippen LogP contribution in [0.2, 0.25) is 0 Å². The van der Waals surface area contributed by atoms with Gasteiger partial charge in [-0.25, -0.2) is 9.59 Å². The highest BCUT2D eigenvalue weighted by Gasteiger charge is 2.27. The van der Waals surface area contributed by atoms with E-state index in [1.54, 1.807) is 31.4 Å². The van der Waals surface area contributed by atoms with Crippen molar-refractivity contribution in [3.63, 3.8) is 0 Å². The maximum absolute atomic E-state index is 12.4. The van der Waals surface area contributed by atoms with Crippen LogP contribution in [-0.2, 0) is 22.7 Å². The van der Waals surface area contributed by atoms with Crippen LogP contribution in [0.1, 0.15) is 18.1 Å². The van der Waals surface area contributed by atoms with Gasteiger partial charge in [-0.1, -0.05) is 42.5 Å². The minimum atomic E-state index is -1.09. The van der Waals surface area contributed by atoms with E-state index in [0.717, 1.165) is 11.1 Å². The number of amides is 1. The van der Waals surface area contributed by atoms with Gasteiger partial charge < -0.3 is 14.6 Å². The van der Waals surface area contributed by atoms with Crippen molar-refractivity contribution >= 4 is 12.1 Å². The lowest BCUT2D eigenvalue weighted by Crippen LogP contribution is -2.43. The van der Waals surface area contributed by atoms with Crippen LogP contribution in [-0.4, -0.2) is 35.2 Å². The predicted octanol–water partition coefficient (Wildman–Crippen LogP) is 3.31. The fraction of sp³-hybridized carbons (Fsp3) is 0.263. The topological polar surface area (TPSA) is 76.1 Å². The molecule has 0 bridgehead atoms. The molecule has 6 heteroatoms. The molecule has 2 aromatic rings. The first-order chi connectivity index (χ1) is 12.0. The van der Waals surface area contributed by atoms with Crippen LogP contribution in [0.25, 0.3) is 0 Å². The molecule has 1 amide bonds. The van der Waals surface area contributed by atoms with Gasteiger partial charge in [0, 0.05) is 6.54 Å². The van der Waals surface area contributed by atoms with Crippen LogP contribution in [0.15, 0.2) is 54.6 Å². The molecule has 1 atom stereocenters. The molecule has 0 aromatic heterocycles. The summed E-state index contributed by atoms with van der Waals surface area (Å²) in [4.78, 5) is 24.9. The van der Waals surface area contributed by atoms with Gasteiger partial charge in [0.05, 0.1) is 7.11 Å². The fourth-order valence-corrected chi connectivity index (χ4v) is 2.22. The number of rotatable bonds is 7. The Labute approximate surface area is 146 Å². The summed E-state index contributed by atoms with van der Waals surface area (Å²) >= 11 is 0. The molecule has 0 aliphatic carbocycles. The predicted molar refractivity (Wildman–Crippen MR) is 92.3 cm³/mol. The minimum absolute atomic E-state index is 0.0884. The first-order valence-electron chi connectivity index (χ1n) is 7.84. The van der Waals surface area contributed by atoms with Crippen molar-refractivity contribution in [2.45, 2.75) is 26.1 Å². The van der Waals surface area contributed by atoms with Gasteiger partial charge in [0.2, 0.25) is 0 Å². The highest BCUT2D eigenvalue weighted by Crippen LogP contribution is 2.16. The van der Waals surface area contributed by atoms with E-state index < -0.39 is 18.1 Å². The van der Waals surface area contributed by atoms with Gasteiger partial charge in [0.1, 0.15) is 18.4 Å². The SMILES string of the molecule is COc1ccc(CN(C(=O)OCc2ccccc2)C(C)C(=O)O)cc1. The molecule has 1 N–H and O–H groups in total. The maximum atomic E-state index is 12.4. The second-order valence-corrected chi connectivity index (χ2v) is 5.53. The van der Waals surface area contributed by atoms with E-state index >= 15 is 0 Å². The average Bonchev–Trinajstić information content (AvgIpc) is 2.64. The average molecular weight is 343 g/mol. The molecule has 0 fully saturated rings. The summed E-state index contributed by atoms with van der Waals surface area (Å²) in [7, 11) is 1.56. The second kappa shape index (κ2) is 8.73. The zero-order valence-corrected chi connectivity index (χ0v) is 14.2. The Bertz CT molecular complexity index is 700. The van der Waals surface area contributed by atoms with Crippen molar-refractivity contribution in [2.24, 2.45) is 0 Å². The molecular weight excluding hydrogens is 322 g/mol. The Hall–Kier alpha value is -3.02. The smallest absolute Gasteiger partial charge is 0.411 e. The maximum Gasteiger partial charge on any atom is 0.411 e. The van der Waals surface area contributed by atoms with Gasteiger partial charge >= 0.3 is 12.1 Å². The monoisotopic (exact) mass is 343 g/mol. The molecule has 0 spiro atoms. The molecule has 0 heterocycles. The van der Waals surface area contributed by atoms with Crippen LogP contribution in [0, 0.1) is 0 Å². The molecule has 132 valence electrons. The highest BCUT2D eigenvalue weighted by atomic mass is 16.6. The highest BCUT2D eigenvalue weighted by molar-refractivity contribution is 5.79. The number of methoxy groups -OCH3 is 1. The molecule has 2 rings (SSSR count). The van der Waals surface area contributed by atoms with Crippen molar-refractivity contribution in [3.8, 4) is 5.75 Å². The molecule has 25 heavy (non-hydrogen) atoms. The third kappa shape index (κ3) is 5.24. The van der Waals surface area contributed by atoms with Gasteiger partial charge in [-0.2, -0.15) is 0 Å². The normalized spacial score (nSPS) is 11.4. The third-order valence-electron chi connectivity index (χ3n) is 3.78. The molecule has 1 unspecified atom stereocenters. The number of hydrogen-bond donors (Lipinski definition) is 1. The summed E-state index contributed by atoms with van der Waals surface area (Å²) in [6.45, 7) is 1.67. The largest absolute Gasteiger partial charge is 0.497 e. The van der Waals surface area contributed by atoms with E-state index in [1.165, 1.54) is 11.8 Å². The summed E-state index contributed by atoms with van der Waals surface area (Å²) in [6.07, 6.45) is -0.672. The van der Waals surface area contributed by atoms with E-state index in [-0.39, 0.29) is 13.2 Å². The third-order valence-corrected chi connectivity index (χ3v) is 3.78. The minimum Gasteiger partial charge on any atom is -0.497 e. The zero-order valence-electron chi connectivity index (χ0n) is 14.2. The first kappa shape index (κ1) is 18.3. The molecule has 0 radical (unpaired) electrons. The molecular formula is C19H21NO5. The summed E-state index contributed by atoms with van der Waals surface area (Å²) in [6, 6.07) is 15.3. The Balaban J connectivity index is 2.08. The van der Waals surface area contributed by atoms with E-state index in [1.807, 2.05) is 30.3 Å². The number of benzene rings is 2. The number of nitrogens with zero attached hydrogens (tertiary/aromatic N) is 1. The number of aliphatic carboxylic acids is 1. The van der Waals surface area contributed by atoms with Gasteiger partial charge in [0.15, 0.2) is 0 Å². The Kier molecular flexibility index (Phi) is 6.39. The van der Waals surface area contributed by atoms with Crippen LogP contribution < -0.4 is 4.74 Å². The van der Waals surface area contributed by atoms with Crippen molar-refractivity contribution in [1.82, 2.24) is 4.90 Å². The summed E-state index contributed by atoms with van der Waals surface area (Å²) < 4.78 is 10.4. The summed E-state index contributed by atoms with van der Waals surface area (Å²) in [5.74, 6) is -0.404. The molecule has 0 aliphatic rings. The number of carbonyl (C=O) groups is 2. The van der Waals surface area contributed by atoms with Crippen LogP contribution >= 0.6 is 0 Å². The standard InChI is InChI=1S/C19H21NO5/c1-14(18(21)22)20(12-15-8-10-17(24-2)11-9-15)19(23)25-13-16-6-4-3-5-7-16/h3-11,14H,12-13H2,1-2H3,(H,21,22). The number of ether oxygens (including phenoxy) is 2. The molecule has 0 saturated heterocycles. The van der Waals surface area contributed by atoms with Crippen LogP contribution in [0.3, 0.4) is 0 Å². The lowest BCUT2D eigenvalue weighted by atomic mass is 10.2. The molecule has 6 nitrogen and oxygen atoms in total. The fourth-order valence-electron chi connectivity index (χ4n) is 2.22. The zero-order chi connectivity index (χ0) is 18.2. The Morgan fingerprint density at radius 1 is 1.04 bits per heavy atom. The van der Waals surface area contributed by atoms with E-state index in [4.69, 9.17) is 9.47 Å². The van der Waals surface area contributed by atoms with E-state index in [2.05, 4.69) is 0 Å². The quantitative estimate of drug-likeness (QED) is 0.835.